The number of hydrogen-bond acceptors (Lipinski definition) is 1. The fraction of sp³-hybridized carbons (Fsp3) is 0.643. The second-order valence-corrected chi connectivity index (χ2v) is 6.02. The molecule has 0 aromatic carbocycles. The minimum atomic E-state index is -0.284. The van der Waals surface area contributed by atoms with E-state index in [-0.39, 0.29) is 11.3 Å². The van der Waals surface area contributed by atoms with Crippen LogP contribution < -0.4 is 0 Å². The first-order valence-electron chi connectivity index (χ1n) is 6.31. The van der Waals surface area contributed by atoms with Gasteiger partial charge in [0.1, 0.15) is 0 Å². The van der Waals surface area contributed by atoms with Crippen LogP contribution in [-0.2, 0) is 18.4 Å². The smallest absolute Gasteiger partial charge is 0.228 e. The zero-order chi connectivity index (χ0) is 12.6. The maximum atomic E-state index is 12.4. The Hall–Kier alpha value is -1.25. The molecule has 1 saturated carbocycles. The maximum absolute atomic E-state index is 12.4. The van der Waals surface area contributed by atoms with Gasteiger partial charge in [0, 0.05) is 30.4 Å². The van der Waals surface area contributed by atoms with Crippen molar-refractivity contribution in [3.8, 4) is 0 Å². The first kappa shape index (κ1) is 12.2. The lowest BCUT2D eigenvalue weighted by Gasteiger charge is -2.29. The van der Waals surface area contributed by atoms with Crippen molar-refractivity contribution >= 4 is 5.91 Å². The van der Waals surface area contributed by atoms with E-state index < -0.39 is 0 Å². The van der Waals surface area contributed by atoms with E-state index >= 15 is 0 Å². The summed E-state index contributed by atoms with van der Waals surface area (Å²) >= 11 is 0. The van der Waals surface area contributed by atoms with Crippen LogP contribution in [0, 0.1) is 5.41 Å². The summed E-state index contributed by atoms with van der Waals surface area (Å²) in [6, 6.07) is 4.59. The highest BCUT2D eigenvalue weighted by Gasteiger charge is 2.37. The summed E-state index contributed by atoms with van der Waals surface area (Å²) in [6.45, 7) is 6.73. The van der Waals surface area contributed by atoms with Crippen molar-refractivity contribution < 1.29 is 4.79 Å². The number of carbonyl (C=O) groups excluding carboxylic acids is 1. The molecule has 0 N–H and O–H groups in total. The molecule has 1 fully saturated rings. The highest BCUT2D eigenvalue weighted by Crippen LogP contribution is 2.32. The quantitative estimate of drug-likeness (QED) is 0.789. The van der Waals surface area contributed by atoms with Crippen LogP contribution in [0.15, 0.2) is 18.3 Å². The van der Waals surface area contributed by atoms with E-state index in [0.717, 1.165) is 19.4 Å². The van der Waals surface area contributed by atoms with E-state index in [1.165, 1.54) is 5.69 Å². The van der Waals surface area contributed by atoms with Gasteiger partial charge in [-0.15, -0.1) is 0 Å². The Balaban J connectivity index is 2.14. The topological polar surface area (TPSA) is 25.2 Å². The summed E-state index contributed by atoms with van der Waals surface area (Å²) in [7, 11) is 2.03. The lowest BCUT2D eigenvalue weighted by Crippen LogP contribution is -2.40. The van der Waals surface area contributed by atoms with Crippen molar-refractivity contribution in [3.05, 3.63) is 24.0 Å². The number of amides is 1. The predicted octanol–water partition coefficient (Wildman–Crippen LogP) is 2.56. The normalized spacial score (nSPS) is 16.0. The number of carbonyl (C=O) groups is 1. The summed E-state index contributed by atoms with van der Waals surface area (Å²) < 4.78 is 2.09. The van der Waals surface area contributed by atoms with Gasteiger partial charge in [-0.2, -0.15) is 0 Å². The molecule has 94 valence electrons. The molecule has 0 aliphatic heterocycles. The maximum Gasteiger partial charge on any atom is 0.228 e. The predicted molar refractivity (Wildman–Crippen MR) is 68.4 cm³/mol. The summed E-state index contributed by atoms with van der Waals surface area (Å²) in [4.78, 5) is 14.5. The van der Waals surface area contributed by atoms with Gasteiger partial charge in [0.15, 0.2) is 0 Å². The molecule has 1 aromatic rings. The summed E-state index contributed by atoms with van der Waals surface area (Å²) in [5.74, 6) is 0.265. The van der Waals surface area contributed by atoms with Gasteiger partial charge in [0.2, 0.25) is 5.91 Å². The summed E-state index contributed by atoms with van der Waals surface area (Å²) in [5.41, 5.74) is 0.919. The zero-order valence-corrected chi connectivity index (χ0v) is 11.2. The third-order valence-electron chi connectivity index (χ3n) is 3.27. The Morgan fingerprint density at radius 1 is 1.47 bits per heavy atom. The van der Waals surface area contributed by atoms with Gasteiger partial charge >= 0.3 is 0 Å². The molecule has 17 heavy (non-hydrogen) atoms. The molecular weight excluding hydrogens is 212 g/mol. The van der Waals surface area contributed by atoms with Crippen molar-refractivity contribution in [2.75, 3.05) is 0 Å². The first-order chi connectivity index (χ1) is 7.89. The molecule has 1 aliphatic carbocycles. The number of rotatable bonds is 3. The van der Waals surface area contributed by atoms with Crippen molar-refractivity contribution in [1.82, 2.24) is 9.47 Å². The Kier molecular flexibility index (Phi) is 3.02. The molecular formula is C14H22N2O. The van der Waals surface area contributed by atoms with Crippen LogP contribution in [0.1, 0.15) is 39.3 Å². The SMILES string of the molecule is Cn1cccc1CN(C(=O)C(C)(C)C)C1CC1. The molecule has 0 radical (unpaired) electrons. The van der Waals surface area contributed by atoms with Crippen LogP contribution in [0.3, 0.4) is 0 Å². The average molecular weight is 234 g/mol. The van der Waals surface area contributed by atoms with Crippen LogP contribution >= 0.6 is 0 Å². The van der Waals surface area contributed by atoms with E-state index in [0.29, 0.717) is 6.04 Å². The van der Waals surface area contributed by atoms with Gasteiger partial charge < -0.3 is 9.47 Å². The number of aryl methyl sites for hydroxylation is 1. The van der Waals surface area contributed by atoms with Crippen LogP contribution in [-0.4, -0.2) is 21.4 Å². The van der Waals surface area contributed by atoms with E-state index in [2.05, 4.69) is 15.5 Å². The zero-order valence-electron chi connectivity index (χ0n) is 11.2. The fourth-order valence-corrected chi connectivity index (χ4v) is 2.02. The molecule has 1 aromatic heterocycles. The molecule has 0 unspecified atom stereocenters. The van der Waals surface area contributed by atoms with Crippen LogP contribution in [0.5, 0.6) is 0 Å². The Morgan fingerprint density at radius 3 is 2.53 bits per heavy atom. The molecule has 1 heterocycles. The monoisotopic (exact) mass is 234 g/mol. The standard InChI is InChI=1S/C14H22N2O/c1-14(2,3)13(17)16(11-7-8-11)10-12-6-5-9-15(12)4/h5-6,9,11H,7-8,10H2,1-4H3. The molecule has 1 amide bonds. The molecule has 0 bridgehead atoms. The minimum Gasteiger partial charge on any atom is -0.353 e. The Morgan fingerprint density at radius 2 is 2.12 bits per heavy atom. The number of nitrogens with zero attached hydrogens (tertiary/aromatic N) is 2. The molecule has 3 nitrogen and oxygen atoms in total. The fourth-order valence-electron chi connectivity index (χ4n) is 2.02. The van der Waals surface area contributed by atoms with E-state index in [9.17, 15) is 4.79 Å². The molecule has 0 atom stereocenters. The third-order valence-corrected chi connectivity index (χ3v) is 3.27. The second-order valence-electron chi connectivity index (χ2n) is 6.02. The van der Waals surface area contributed by atoms with Crippen molar-refractivity contribution in [2.45, 2.75) is 46.2 Å². The highest BCUT2D eigenvalue weighted by atomic mass is 16.2. The van der Waals surface area contributed by atoms with Gasteiger partial charge in [0.25, 0.3) is 0 Å². The summed E-state index contributed by atoms with van der Waals surface area (Å²) in [5, 5.41) is 0. The summed E-state index contributed by atoms with van der Waals surface area (Å²) in [6.07, 6.45) is 4.35. The van der Waals surface area contributed by atoms with Gasteiger partial charge in [-0.1, -0.05) is 20.8 Å². The average Bonchev–Trinajstić information content (AvgIpc) is 2.98. The third kappa shape index (κ3) is 2.71. The minimum absolute atomic E-state index is 0.265. The van der Waals surface area contributed by atoms with Crippen LogP contribution in [0.25, 0.3) is 0 Å². The molecule has 0 spiro atoms. The Bertz CT molecular complexity index is 410. The van der Waals surface area contributed by atoms with Gasteiger partial charge in [0.05, 0.1) is 6.54 Å². The Labute approximate surface area is 103 Å². The van der Waals surface area contributed by atoms with Gasteiger partial charge in [-0.05, 0) is 25.0 Å². The van der Waals surface area contributed by atoms with E-state index in [1.54, 1.807) is 0 Å². The van der Waals surface area contributed by atoms with Gasteiger partial charge in [-0.3, -0.25) is 4.79 Å². The first-order valence-corrected chi connectivity index (χ1v) is 6.31. The number of hydrogen-bond donors (Lipinski definition) is 0. The van der Waals surface area contributed by atoms with E-state index in [1.807, 2.05) is 40.1 Å². The van der Waals surface area contributed by atoms with Crippen molar-refractivity contribution in [1.29, 1.82) is 0 Å². The van der Waals surface area contributed by atoms with Gasteiger partial charge in [-0.25, -0.2) is 0 Å². The van der Waals surface area contributed by atoms with Crippen molar-refractivity contribution in [3.63, 3.8) is 0 Å². The second kappa shape index (κ2) is 4.21. The van der Waals surface area contributed by atoms with Crippen LogP contribution in [0.4, 0.5) is 0 Å². The molecule has 3 heteroatoms. The van der Waals surface area contributed by atoms with Crippen molar-refractivity contribution in [2.24, 2.45) is 12.5 Å². The lowest BCUT2D eigenvalue weighted by molar-refractivity contribution is -0.140. The lowest BCUT2D eigenvalue weighted by atomic mass is 9.94. The molecule has 1 aliphatic rings. The number of aromatic nitrogens is 1. The highest BCUT2D eigenvalue weighted by molar-refractivity contribution is 5.82. The molecule has 2 rings (SSSR count). The van der Waals surface area contributed by atoms with E-state index in [4.69, 9.17) is 0 Å². The van der Waals surface area contributed by atoms with Crippen LogP contribution in [0.2, 0.25) is 0 Å². The largest absolute Gasteiger partial charge is 0.353 e. The molecule has 0 saturated heterocycles.